The van der Waals surface area contributed by atoms with Gasteiger partial charge in [0.15, 0.2) is 11.5 Å². The lowest BCUT2D eigenvalue weighted by molar-refractivity contribution is 0.169. The molecule has 1 aromatic carbocycles. The molecule has 2 aliphatic rings. The van der Waals surface area contributed by atoms with Crippen LogP contribution >= 0.6 is 0 Å². The normalized spacial score (nSPS) is 19.9. The predicted octanol–water partition coefficient (Wildman–Crippen LogP) is 2.60. The van der Waals surface area contributed by atoms with Crippen molar-refractivity contribution < 1.29 is 14.6 Å². The van der Waals surface area contributed by atoms with E-state index in [4.69, 9.17) is 9.47 Å². The molecule has 90 valence electrons. The summed E-state index contributed by atoms with van der Waals surface area (Å²) in [6, 6.07) is 5.68. The highest BCUT2D eigenvalue weighted by atomic mass is 16.6. The number of allylic oxidation sites excluding steroid dienone is 1. The van der Waals surface area contributed by atoms with E-state index in [9.17, 15) is 5.11 Å². The monoisotopic (exact) mass is 232 g/mol. The van der Waals surface area contributed by atoms with Crippen molar-refractivity contribution in [2.24, 2.45) is 0 Å². The first kappa shape index (κ1) is 10.7. The summed E-state index contributed by atoms with van der Waals surface area (Å²) in [5.41, 5.74) is 2.02. The lowest BCUT2D eigenvalue weighted by atomic mass is 10.0. The second-order valence-electron chi connectivity index (χ2n) is 4.48. The molecule has 1 atom stereocenters. The third kappa shape index (κ3) is 2.03. The molecule has 0 bridgehead atoms. The molecule has 0 radical (unpaired) electrons. The first-order valence-electron chi connectivity index (χ1n) is 6.11. The Labute approximate surface area is 101 Å². The van der Waals surface area contributed by atoms with Crippen molar-refractivity contribution in [2.75, 3.05) is 13.2 Å². The largest absolute Gasteiger partial charge is 0.486 e. The van der Waals surface area contributed by atoms with E-state index in [1.807, 2.05) is 18.2 Å². The molecule has 1 unspecified atom stereocenters. The number of rotatable bonds is 2. The van der Waals surface area contributed by atoms with Gasteiger partial charge in [-0.15, -0.1) is 0 Å². The fraction of sp³-hybridized carbons (Fsp3) is 0.429. The van der Waals surface area contributed by atoms with Crippen molar-refractivity contribution in [3.8, 4) is 11.5 Å². The van der Waals surface area contributed by atoms with Crippen LogP contribution < -0.4 is 9.47 Å². The Kier molecular flexibility index (Phi) is 2.77. The number of fused-ring (bicyclic) bond motifs is 1. The van der Waals surface area contributed by atoms with Gasteiger partial charge < -0.3 is 14.6 Å². The van der Waals surface area contributed by atoms with Gasteiger partial charge in [0, 0.05) is 0 Å². The van der Waals surface area contributed by atoms with Gasteiger partial charge in [-0.2, -0.15) is 0 Å². The summed E-state index contributed by atoms with van der Waals surface area (Å²) in [4.78, 5) is 0. The Morgan fingerprint density at radius 1 is 1.12 bits per heavy atom. The van der Waals surface area contributed by atoms with E-state index in [2.05, 4.69) is 6.08 Å². The van der Waals surface area contributed by atoms with Crippen LogP contribution in [0.25, 0.3) is 0 Å². The Bertz CT molecular complexity index is 451. The average molecular weight is 232 g/mol. The van der Waals surface area contributed by atoms with Gasteiger partial charge in [-0.25, -0.2) is 0 Å². The van der Waals surface area contributed by atoms with Crippen molar-refractivity contribution >= 4 is 0 Å². The van der Waals surface area contributed by atoms with Crippen molar-refractivity contribution in [2.45, 2.75) is 25.4 Å². The number of benzene rings is 1. The molecule has 3 nitrogen and oxygen atoms in total. The van der Waals surface area contributed by atoms with Crippen molar-refractivity contribution in [3.05, 3.63) is 35.4 Å². The Hall–Kier alpha value is -1.48. The molecular formula is C14H16O3. The summed E-state index contributed by atoms with van der Waals surface area (Å²) < 4.78 is 11.0. The molecule has 3 rings (SSSR count). The number of ether oxygens (including phenoxy) is 2. The summed E-state index contributed by atoms with van der Waals surface area (Å²) in [7, 11) is 0. The zero-order chi connectivity index (χ0) is 11.7. The minimum atomic E-state index is -0.492. The molecule has 3 heteroatoms. The molecule has 0 fully saturated rings. The van der Waals surface area contributed by atoms with E-state index in [1.165, 1.54) is 0 Å². The lowest BCUT2D eigenvalue weighted by Crippen LogP contribution is -2.15. The maximum Gasteiger partial charge on any atom is 0.161 e. The third-order valence-electron chi connectivity index (χ3n) is 3.31. The second-order valence-corrected chi connectivity index (χ2v) is 4.48. The lowest BCUT2D eigenvalue weighted by Gasteiger charge is -2.20. The number of aliphatic hydroxyl groups is 1. The van der Waals surface area contributed by atoms with Gasteiger partial charge in [-0.1, -0.05) is 12.1 Å². The third-order valence-corrected chi connectivity index (χ3v) is 3.31. The second kappa shape index (κ2) is 4.41. The molecule has 1 heterocycles. The van der Waals surface area contributed by atoms with Gasteiger partial charge >= 0.3 is 0 Å². The van der Waals surface area contributed by atoms with Gasteiger partial charge in [-0.3, -0.25) is 0 Å². The van der Waals surface area contributed by atoms with Crippen molar-refractivity contribution in [1.82, 2.24) is 0 Å². The first-order valence-corrected chi connectivity index (χ1v) is 6.11. The highest BCUT2D eigenvalue weighted by Crippen LogP contribution is 2.36. The summed E-state index contributed by atoms with van der Waals surface area (Å²) in [6.07, 6.45) is 4.87. The van der Waals surface area contributed by atoms with E-state index in [1.54, 1.807) is 0 Å². The molecular weight excluding hydrogens is 216 g/mol. The van der Waals surface area contributed by atoms with Crippen LogP contribution in [0.2, 0.25) is 0 Å². The fourth-order valence-electron chi connectivity index (χ4n) is 2.39. The number of hydrogen-bond donors (Lipinski definition) is 1. The zero-order valence-corrected chi connectivity index (χ0v) is 9.69. The van der Waals surface area contributed by atoms with E-state index in [-0.39, 0.29) is 0 Å². The summed E-state index contributed by atoms with van der Waals surface area (Å²) in [6.45, 7) is 1.18. The summed E-state index contributed by atoms with van der Waals surface area (Å²) in [5, 5.41) is 10.3. The van der Waals surface area contributed by atoms with E-state index >= 15 is 0 Å². The SMILES string of the molecule is OC(C1=CCCC1)c1ccc2c(c1)OCCO2. The quantitative estimate of drug-likeness (QED) is 0.796. The highest BCUT2D eigenvalue weighted by Gasteiger charge is 2.19. The van der Waals surface area contributed by atoms with E-state index in [0.29, 0.717) is 13.2 Å². The molecule has 0 spiro atoms. The van der Waals surface area contributed by atoms with Crippen molar-refractivity contribution in [1.29, 1.82) is 0 Å². The molecule has 0 saturated heterocycles. The van der Waals surface area contributed by atoms with Gasteiger partial charge in [0.2, 0.25) is 0 Å². The van der Waals surface area contributed by atoms with Gasteiger partial charge in [0.05, 0.1) is 0 Å². The molecule has 1 aliphatic carbocycles. The first-order chi connectivity index (χ1) is 8.34. The maximum atomic E-state index is 10.3. The van der Waals surface area contributed by atoms with Crippen LogP contribution in [0.4, 0.5) is 0 Å². The van der Waals surface area contributed by atoms with E-state index < -0.39 is 6.10 Å². The van der Waals surface area contributed by atoms with Crippen LogP contribution in [0.15, 0.2) is 29.8 Å². The molecule has 17 heavy (non-hydrogen) atoms. The maximum absolute atomic E-state index is 10.3. The zero-order valence-electron chi connectivity index (χ0n) is 9.69. The Morgan fingerprint density at radius 2 is 1.94 bits per heavy atom. The predicted molar refractivity (Wildman–Crippen MR) is 64.3 cm³/mol. The molecule has 0 amide bonds. The van der Waals surface area contributed by atoms with Gasteiger partial charge in [0.1, 0.15) is 19.3 Å². The summed E-state index contributed by atoms with van der Waals surface area (Å²) in [5.74, 6) is 1.51. The number of aliphatic hydroxyl groups excluding tert-OH is 1. The molecule has 0 aromatic heterocycles. The fourth-order valence-corrected chi connectivity index (χ4v) is 2.39. The van der Waals surface area contributed by atoms with Crippen LogP contribution in [0, 0.1) is 0 Å². The minimum Gasteiger partial charge on any atom is -0.486 e. The van der Waals surface area contributed by atoms with Crippen molar-refractivity contribution in [3.63, 3.8) is 0 Å². The van der Waals surface area contributed by atoms with Gasteiger partial charge in [-0.05, 0) is 42.5 Å². The highest BCUT2D eigenvalue weighted by molar-refractivity contribution is 5.45. The average Bonchev–Trinajstić information content (AvgIpc) is 2.91. The Balaban J connectivity index is 1.87. The standard InChI is InChI=1S/C14H16O3/c15-14(10-3-1-2-4-10)11-5-6-12-13(9-11)17-8-7-16-12/h3,5-6,9,14-15H,1-2,4,7-8H2. The number of hydrogen-bond acceptors (Lipinski definition) is 3. The molecule has 1 N–H and O–H groups in total. The Morgan fingerprint density at radius 3 is 2.71 bits per heavy atom. The summed E-state index contributed by atoms with van der Waals surface area (Å²) >= 11 is 0. The van der Waals surface area contributed by atoms with Crippen LogP contribution in [-0.4, -0.2) is 18.3 Å². The van der Waals surface area contributed by atoms with Crippen LogP contribution in [0.5, 0.6) is 11.5 Å². The topological polar surface area (TPSA) is 38.7 Å². The van der Waals surface area contributed by atoms with Crippen LogP contribution in [-0.2, 0) is 0 Å². The van der Waals surface area contributed by atoms with E-state index in [0.717, 1.165) is 41.9 Å². The molecule has 1 aromatic rings. The smallest absolute Gasteiger partial charge is 0.161 e. The minimum absolute atomic E-state index is 0.492. The molecule has 0 saturated carbocycles. The van der Waals surface area contributed by atoms with Crippen LogP contribution in [0.1, 0.15) is 30.9 Å². The van der Waals surface area contributed by atoms with Gasteiger partial charge in [0.25, 0.3) is 0 Å². The van der Waals surface area contributed by atoms with Crippen LogP contribution in [0.3, 0.4) is 0 Å². The molecule has 1 aliphatic heterocycles.